The number of carbonyl (C=O) groups is 2. The first-order valence-corrected chi connectivity index (χ1v) is 4.54. The van der Waals surface area contributed by atoms with Crippen LogP contribution in [0.15, 0.2) is 12.3 Å². The summed E-state index contributed by atoms with van der Waals surface area (Å²) in [5.74, 6) is -1.22. The van der Waals surface area contributed by atoms with E-state index in [1.807, 2.05) is 0 Å². The number of nitrogens with one attached hydrogen (secondary N) is 1. The summed E-state index contributed by atoms with van der Waals surface area (Å²) in [4.78, 5) is 25.4. The van der Waals surface area contributed by atoms with Gasteiger partial charge in [0.15, 0.2) is 5.13 Å². The fourth-order valence-electron chi connectivity index (χ4n) is 0.725. The first kappa shape index (κ1) is 10.4. The summed E-state index contributed by atoms with van der Waals surface area (Å²) in [5.41, 5.74) is 0. The molecule has 0 saturated heterocycles. The van der Waals surface area contributed by atoms with Gasteiger partial charge in [-0.1, -0.05) is 11.3 Å². The molecule has 0 aliphatic carbocycles. The van der Waals surface area contributed by atoms with Crippen LogP contribution >= 0.6 is 11.3 Å². The van der Waals surface area contributed by atoms with Crippen LogP contribution in [0, 0.1) is 0 Å². The van der Waals surface area contributed by atoms with Crippen molar-refractivity contribution in [3.8, 4) is 0 Å². The van der Waals surface area contributed by atoms with Gasteiger partial charge in [0.2, 0.25) is 5.91 Å². The van der Waals surface area contributed by atoms with Gasteiger partial charge in [-0.25, -0.2) is 9.78 Å². The molecule has 0 radical (unpaired) electrons. The number of nitrogens with zero attached hydrogens (tertiary/aromatic N) is 1. The molecule has 74 valence electrons. The molecule has 1 amide bonds. The highest BCUT2D eigenvalue weighted by Crippen LogP contribution is 2.18. The number of carbonyl (C=O) groups excluding carboxylic acids is 1. The minimum Gasteiger partial charge on any atom is -0.478 e. The van der Waals surface area contributed by atoms with E-state index in [0.717, 1.165) is 6.08 Å². The minimum absolute atomic E-state index is 0.201. The Bertz CT molecular complexity index is 384. The summed E-state index contributed by atoms with van der Waals surface area (Å²) in [6.07, 6.45) is 3.94. The molecule has 2 N–H and O–H groups in total. The molecule has 1 rings (SSSR count). The molecule has 0 atom stereocenters. The third-order valence-corrected chi connectivity index (χ3v) is 2.07. The molecule has 14 heavy (non-hydrogen) atoms. The molecular formula is C8H8N2O3S. The summed E-state index contributed by atoms with van der Waals surface area (Å²) < 4.78 is 0. The predicted octanol–water partition coefficient (Wildman–Crippen LogP) is 1.20. The summed E-state index contributed by atoms with van der Waals surface area (Å²) in [7, 11) is 0. The van der Waals surface area contributed by atoms with Crippen molar-refractivity contribution in [3.05, 3.63) is 17.2 Å². The van der Waals surface area contributed by atoms with Crippen LogP contribution in [0.25, 0.3) is 6.08 Å². The minimum atomic E-state index is -1.01. The monoisotopic (exact) mass is 212 g/mol. The van der Waals surface area contributed by atoms with Crippen LogP contribution in [0.3, 0.4) is 0 Å². The second-order valence-electron chi connectivity index (χ2n) is 2.42. The third-order valence-electron chi connectivity index (χ3n) is 1.20. The normalized spacial score (nSPS) is 10.4. The smallest absolute Gasteiger partial charge is 0.328 e. The fraction of sp³-hybridized carbons (Fsp3) is 0.125. The number of hydrogen-bond acceptors (Lipinski definition) is 4. The van der Waals surface area contributed by atoms with Gasteiger partial charge in [0.25, 0.3) is 0 Å². The van der Waals surface area contributed by atoms with E-state index in [9.17, 15) is 9.59 Å². The lowest BCUT2D eigenvalue weighted by molar-refractivity contribution is -0.131. The van der Waals surface area contributed by atoms with E-state index in [1.54, 1.807) is 0 Å². The summed E-state index contributed by atoms with van der Waals surface area (Å²) in [5, 5.41) is 11.3. The number of aromatic nitrogens is 1. The quantitative estimate of drug-likeness (QED) is 0.738. The van der Waals surface area contributed by atoms with Crippen molar-refractivity contribution in [2.45, 2.75) is 6.92 Å². The number of anilines is 1. The van der Waals surface area contributed by atoms with Gasteiger partial charge in [-0.05, 0) is 6.08 Å². The molecule has 0 aliphatic heterocycles. The Kier molecular flexibility index (Phi) is 3.35. The van der Waals surface area contributed by atoms with Crippen molar-refractivity contribution in [3.63, 3.8) is 0 Å². The van der Waals surface area contributed by atoms with Gasteiger partial charge in [-0.2, -0.15) is 0 Å². The molecule has 0 aliphatic rings. The molecule has 0 unspecified atom stereocenters. The lowest BCUT2D eigenvalue weighted by Gasteiger charge is -1.91. The molecule has 0 fully saturated rings. The van der Waals surface area contributed by atoms with E-state index in [-0.39, 0.29) is 5.91 Å². The SMILES string of the molecule is CC(=O)Nc1ncc(C=CC(=O)O)s1. The van der Waals surface area contributed by atoms with E-state index < -0.39 is 5.97 Å². The fourth-order valence-corrected chi connectivity index (χ4v) is 1.49. The Labute approximate surface area is 84.1 Å². The Morgan fingerprint density at radius 3 is 2.93 bits per heavy atom. The van der Waals surface area contributed by atoms with E-state index in [4.69, 9.17) is 5.11 Å². The van der Waals surface area contributed by atoms with Crippen LogP contribution in [0.1, 0.15) is 11.8 Å². The molecule has 0 saturated carbocycles. The molecule has 0 bridgehead atoms. The predicted molar refractivity (Wildman–Crippen MR) is 53.1 cm³/mol. The maximum Gasteiger partial charge on any atom is 0.328 e. The summed E-state index contributed by atoms with van der Waals surface area (Å²) in [6, 6.07) is 0. The third kappa shape index (κ3) is 3.36. The topological polar surface area (TPSA) is 79.3 Å². The molecule has 5 nitrogen and oxygen atoms in total. The van der Waals surface area contributed by atoms with Gasteiger partial charge in [0.1, 0.15) is 0 Å². The van der Waals surface area contributed by atoms with Crippen molar-refractivity contribution in [1.29, 1.82) is 0 Å². The van der Waals surface area contributed by atoms with Crippen LogP contribution < -0.4 is 5.32 Å². The van der Waals surface area contributed by atoms with Crippen molar-refractivity contribution in [2.24, 2.45) is 0 Å². The van der Waals surface area contributed by atoms with Gasteiger partial charge in [0, 0.05) is 24.1 Å². The van der Waals surface area contributed by atoms with Gasteiger partial charge in [-0.3, -0.25) is 4.79 Å². The van der Waals surface area contributed by atoms with Crippen molar-refractivity contribution >= 4 is 34.4 Å². The van der Waals surface area contributed by atoms with Gasteiger partial charge < -0.3 is 10.4 Å². The van der Waals surface area contributed by atoms with E-state index in [0.29, 0.717) is 10.0 Å². The average Bonchev–Trinajstić information content (AvgIpc) is 2.47. The van der Waals surface area contributed by atoms with Crippen LogP contribution in [0.2, 0.25) is 0 Å². The van der Waals surface area contributed by atoms with Crippen LogP contribution in [0.5, 0.6) is 0 Å². The molecule has 0 aromatic carbocycles. The van der Waals surface area contributed by atoms with Crippen LogP contribution in [0.4, 0.5) is 5.13 Å². The Balaban J connectivity index is 2.68. The summed E-state index contributed by atoms with van der Waals surface area (Å²) >= 11 is 1.21. The molecule has 1 aromatic heterocycles. The highest BCUT2D eigenvalue weighted by molar-refractivity contribution is 7.16. The van der Waals surface area contributed by atoms with Crippen molar-refractivity contribution in [2.75, 3.05) is 5.32 Å². The molecule has 1 aromatic rings. The van der Waals surface area contributed by atoms with E-state index >= 15 is 0 Å². The molecule has 6 heteroatoms. The Hall–Kier alpha value is -1.69. The largest absolute Gasteiger partial charge is 0.478 e. The zero-order chi connectivity index (χ0) is 10.6. The maximum absolute atomic E-state index is 10.6. The summed E-state index contributed by atoms with van der Waals surface area (Å²) in [6.45, 7) is 1.38. The number of amides is 1. The second-order valence-corrected chi connectivity index (χ2v) is 3.48. The lowest BCUT2D eigenvalue weighted by atomic mass is 10.4. The highest BCUT2D eigenvalue weighted by Gasteiger charge is 2.00. The van der Waals surface area contributed by atoms with Crippen LogP contribution in [-0.2, 0) is 9.59 Å². The number of aliphatic carboxylic acids is 1. The maximum atomic E-state index is 10.6. The number of rotatable bonds is 3. The van der Waals surface area contributed by atoms with Gasteiger partial charge >= 0.3 is 5.97 Å². The standard InChI is InChI=1S/C8H8N2O3S/c1-5(11)10-8-9-4-6(14-8)2-3-7(12)13/h2-4H,1H3,(H,12,13)(H,9,10,11). The van der Waals surface area contributed by atoms with Gasteiger partial charge in [-0.15, -0.1) is 0 Å². The van der Waals surface area contributed by atoms with Gasteiger partial charge in [0.05, 0.1) is 0 Å². The zero-order valence-electron chi connectivity index (χ0n) is 7.35. The van der Waals surface area contributed by atoms with E-state index in [2.05, 4.69) is 10.3 Å². The first-order chi connectivity index (χ1) is 6.58. The lowest BCUT2D eigenvalue weighted by Crippen LogP contribution is -2.04. The van der Waals surface area contributed by atoms with Crippen molar-refractivity contribution < 1.29 is 14.7 Å². The van der Waals surface area contributed by atoms with Crippen LogP contribution in [-0.4, -0.2) is 22.0 Å². The number of carboxylic acids is 1. The Morgan fingerprint density at radius 2 is 2.36 bits per heavy atom. The van der Waals surface area contributed by atoms with E-state index in [1.165, 1.54) is 30.5 Å². The molecule has 1 heterocycles. The second kappa shape index (κ2) is 4.52. The molecular weight excluding hydrogens is 204 g/mol. The number of hydrogen-bond donors (Lipinski definition) is 2. The average molecular weight is 212 g/mol. The molecule has 0 spiro atoms. The first-order valence-electron chi connectivity index (χ1n) is 3.72. The number of thiazole rings is 1. The number of carboxylic acid groups (broad SMARTS) is 1. The van der Waals surface area contributed by atoms with Crippen molar-refractivity contribution in [1.82, 2.24) is 4.98 Å². The Morgan fingerprint density at radius 1 is 1.64 bits per heavy atom. The zero-order valence-corrected chi connectivity index (χ0v) is 8.17. The highest BCUT2D eigenvalue weighted by atomic mass is 32.1.